The molecule has 0 saturated carbocycles. The first-order chi connectivity index (χ1) is 11.1. The molecule has 6 nitrogen and oxygen atoms in total. The highest BCUT2D eigenvalue weighted by Crippen LogP contribution is 2.21. The van der Waals surface area contributed by atoms with Crippen LogP contribution in [-0.2, 0) is 9.53 Å². The van der Waals surface area contributed by atoms with Gasteiger partial charge in [0.1, 0.15) is 5.76 Å². The summed E-state index contributed by atoms with van der Waals surface area (Å²) >= 11 is 0. The third-order valence-electron chi connectivity index (χ3n) is 3.45. The lowest BCUT2D eigenvalue weighted by Gasteiger charge is -2.17. The van der Waals surface area contributed by atoms with Gasteiger partial charge in [-0.15, -0.1) is 0 Å². The highest BCUT2D eigenvalue weighted by Gasteiger charge is 2.21. The third-order valence-corrected chi connectivity index (χ3v) is 3.45. The fourth-order valence-electron chi connectivity index (χ4n) is 2.15. The number of likely N-dealkylation sites (N-methyl/N-ethyl adjacent to an activating group) is 1. The molecule has 122 valence electrons. The van der Waals surface area contributed by atoms with E-state index in [4.69, 9.17) is 9.15 Å². The van der Waals surface area contributed by atoms with Crippen molar-refractivity contribution in [2.75, 3.05) is 19.7 Å². The number of esters is 1. The number of benzene rings is 1. The lowest BCUT2D eigenvalue weighted by molar-refractivity contribution is -0.134. The number of carbonyl (C=O) groups excluding carboxylic acids is 2. The quantitative estimate of drug-likeness (QED) is 0.766. The van der Waals surface area contributed by atoms with Crippen LogP contribution in [0.1, 0.15) is 30.1 Å². The molecule has 1 aromatic heterocycles. The molecule has 0 saturated heterocycles. The van der Waals surface area contributed by atoms with Crippen LogP contribution in [0.15, 0.2) is 34.7 Å². The molecule has 0 aliphatic carbocycles. The molecule has 1 amide bonds. The Morgan fingerprint density at radius 3 is 2.43 bits per heavy atom. The Hall–Kier alpha value is -2.63. The number of rotatable bonds is 6. The molecule has 0 aliphatic rings. The van der Waals surface area contributed by atoms with Crippen LogP contribution >= 0.6 is 0 Å². The third kappa shape index (κ3) is 3.97. The molecule has 0 atom stereocenters. The van der Waals surface area contributed by atoms with E-state index in [1.165, 1.54) is 0 Å². The Morgan fingerprint density at radius 1 is 1.17 bits per heavy atom. The molecular formula is C17H20N2O4. The predicted molar refractivity (Wildman–Crippen MR) is 84.9 cm³/mol. The largest absolute Gasteiger partial charge is 0.451 e. The molecule has 0 unspecified atom stereocenters. The van der Waals surface area contributed by atoms with Crippen LogP contribution in [-0.4, -0.2) is 41.5 Å². The molecular weight excluding hydrogens is 296 g/mol. The number of ether oxygens (including phenoxy) is 1. The predicted octanol–water partition coefficient (Wildman–Crippen LogP) is 2.68. The number of hydrogen-bond acceptors (Lipinski definition) is 5. The van der Waals surface area contributed by atoms with Gasteiger partial charge in [0.25, 0.3) is 5.91 Å². The maximum absolute atomic E-state index is 12.1. The second-order valence-corrected chi connectivity index (χ2v) is 4.93. The van der Waals surface area contributed by atoms with Crippen LogP contribution < -0.4 is 0 Å². The molecule has 0 fully saturated rings. The first-order valence-corrected chi connectivity index (χ1v) is 7.54. The maximum atomic E-state index is 12.1. The van der Waals surface area contributed by atoms with Crippen molar-refractivity contribution in [2.24, 2.45) is 0 Å². The van der Waals surface area contributed by atoms with Gasteiger partial charge in [-0.25, -0.2) is 9.78 Å². The summed E-state index contributed by atoms with van der Waals surface area (Å²) in [4.78, 5) is 29.7. The first kappa shape index (κ1) is 16.7. The number of aromatic nitrogens is 1. The Kier molecular flexibility index (Phi) is 5.51. The summed E-state index contributed by atoms with van der Waals surface area (Å²) in [5.41, 5.74) is 0.866. The Labute approximate surface area is 135 Å². The van der Waals surface area contributed by atoms with Gasteiger partial charge < -0.3 is 14.1 Å². The van der Waals surface area contributed by atoms with Gasteiger partial charge in [-0.1, -0.05) is 18.2 Å². The van der Waals surface area contributed by atoms with Gasteiger partial charge >= 0.3 is 5.97 Å². The van der Waals surface area contributed by atoms with Gasteiger partial charge in [-0.05, 0) is 32.9 Å². The zero-order valence-corrected chi connectivity index (χ0v) is 13.5. The van der Waals surface area contributed by atoms with Crippen molar-refractivity contribution in [2.45, 2.75) is 20.8 Å². The van der Waals surface area contributed by atoms with E-state index in [2.05, 4.69) is 4.98 Å². The van der Waals surface area contributed by atoms with Gasteiger partial charge in [0, 0.05) is 18.7 Å². The second kappa shape index (κ2) is 7.58. The summed E-state index contributed by atoms with van der Waals surface area (Å²) in [5.74, 6) is -0.170. The number of carbonyl (C=O) groups is 2. The summed E-state index contributed by atoms with van der Waals surface area (Å²) in [6.45, 7) is 6.24. The minimum atomic E-state index is -0.658. The maximum Gasteiger partial charge on any atom is 0.361 e. The molecule has 2 aromatic rings. The molecule has 23 heavy (non-hydrogen) atoms. The van der Waals surface area contributed by atoms with Crippen molar-refractivity contribution >= 4 is 11.9 Å². The van der Waals surface area contributed by atoms with Crippen LogP contribution in [0.3, 0.4) is 0 Å². The molecule has 0 aliphatic heterocycles. The van der Waals surface area contributed by atoms with Gasteiger partial charge in [-0.3, -0.25) is 4.79 Å². The van der Waals surface area contributed by atoms with Crippen molar-refractivity contribution in [1.82, 2.24) is 9.88 Å². The SMILES string of the molecule is CCN(CC)C(=O)COC(=O)c1nc(-c2ccccc2)oc1C. The summed E-state index contributed by atoms with van der Waals surface area (Å²) < 4.78 is 10.6. The van der Waals surface area contributed by atoms with Gasteiger partial charge in [0.2, 0.25) is 5.89 Å². The molecule has 2 rings (SSSR count). The van der Waals surface area contributed by atoms with Crippen molar-refractivity contribution in [1.29, 1.82) is 0 Å². The second-order valence-electron chi connectivity index (χ2n) is 4.93. The minimum absolute atomic E-state index is 0.0937. The topological polar surface area (TPSA) is 72.6 Å². The summed E-state index contributed by atoms with van der Waals surface area (Å²) in [5, 5.41) is 0. The van der Waals surface area contributed by atoms with E-state index >= 15 is 0 Å². The normalized spacial score (nSPS) is 10.4. The Bertz CT molecular complexity index is 675. The van der Waals surface area contributed by atoms with Gasteiger partial charge in [0.05, 0.1) is 0 Å². The van der Waals surface area contributed by atoms with E-state index in [1.54, 1.807) is 11.8 Å². The molecule has 1 aromatic carbocycles. The van der Waals surface area contributed by atoms with Crippen LogP contribution in [0.25, 0.3) is 11.5 Å². The van der Waals surface area contributed by atoms with Crippen molar-refractivity contribution in [3.05, 3.63) is 41.8 Å². The molecule has 0 spiro atoms. The smallest absolute Gasteiger partial charge is 0.361 e. The van der Waals surface area contributed by atoms with Crippen LogP contribution in [0.2, 0.25) is 0 Å². The van der Waals surface area contributed by atoms with Gasteiger partial charge in [0.15, 0.2) is 12.3 Å². The van der Waals surface area contributed by atoms with E-state index in [0.29, 0.717) is 24.7 Å². The van der Waals surface area contributed by atoms with E-state index in [0.717, 1.165) is 5.56 Å². The summed E-state index contributed by atoms with van der Waals surface area (Å²) in [6, 6.07) is 9.27. The van der Waals surface area contributed by atoms with Crippen LogP contribution in [0.4, 0.5) is 0 Å². The van der Waals surface area contributed by atoms with Crippen molar-refractivity contribution < 1.29 is 18.7 Å². The highest BCUT2D eigenvalue weighted by atomic mass is 16.5. The zero-order valence-electron chi connectivity index (χ0n) is 13.5. The van der Waals surface area contributed by atoms with Crippen molar-refractivity contribution in [3.63, 3.8) is 0 Å². The molecule has 1 heterocycles. The zero-order chi connectivity index (χ0) is 16.8. The van der Waals surface area contributed by atoms with E-state index < -0.39 is 5.97 Å². The van der Waals surface area contributed by atoms with E-state index in [9.17, 15) is 9.59 Å². The highest BCUT2D eigenvalue weighted by molar-refractivity contribution is 5.90. The molecule has 0 bridgehead atoms. The first-order valence-electron chi connectivity index (χ1n) is 7.54. The van der Waals surface area contributed by atoms with E-state index in [-0.39, 0.29) is 18.2 Å². The lowest BCUT2D eigenvalue weighted by Crippen LogP contribution is -2.34. The van der Waals surface area contributed by atoms with Crippen LogP contribution in [0.5, 0.6) is 0 Å². The average molecular weight is 316 g/mol. The van der Waals surface area contributed by atoms with Crippen LogP contribution in [0, 0.1) is 6.92 Å². The fraction of sp³-hybridized carbons (Fsp3) is 0.353. The Balaban J connectivity index is 2.06. The van der Waals surface area contributed by atoms with Crippen molar-refractivity contribution in [3.8, 4) is 11.5 Å². The number of oxazole rings is 1. The Morgan fingerprint density at radius 2 is 1.83 bits per heavy atom. The average Bonchev–Trinajstić information content (AvgIpc) is 2.96. The number of amides is 1. The summed E-state index contributed by atoms with van der Waals surface area (Å²) in [7, 11) is 0. The standard InChI is InChI=1S/C17H20N2O4/c1-4-19(5-2)14(20)11-22-17(21)15-12(3)23-16(18-15)13-9-7-6-8-10-13/h6-10H,4-5,11H2,1-3H3. The monoisotopic (exact) mass is 316 g/mol. The minimum Gasteiger partial charge on any atom is -0.451 e. The number of nitrogens with zero attached hydrogens (tertiary/aromatic N) is 2. The van der Waals surface area contributed by atoms with Gasteiger partial charge in [-0.2, -0.15) is 0 Å². The van der Waals surface area contributed by atoms with E-state index in [1.807, 2.05) is 44.2 Å². The lowest BCUT2D eigenvalue weighted by atomic mass is 10.2. The molecule has 6 heteroatoms. The molecule has 0 radical (unpaired) electrons. The number of hydrogen-bond donors (Lipinski definition) is 0. The fourth-order valence-corrected chi connectivity index (χ4v) is 2.15. The summed E-state index contributed by atoms with van der Waals surface area (Å²) in [6.07, 6.45) is 0. The number of aryl methyl sites for hydroxylation is 1. The molecule has 0 N–H and O–H groups in total.